The zero-order chi connectivity index (χ0) is 11.4. The van der Waals surface area contributed by atoms with Gasteiger partial charge in [-0.1, -0.05) is 24.3 Å². The van der Waals surface area contributed by atoms with Crippen molar-refractivity contribution in [1.82, 2.24) is 0 Å². The van der Waals surface area contributed by atoms with Gasteiger partial charge < -0.3 is 11.1 Å². The molecule has 0 radical (unpaired) electrons. The van der Waals surface area contributed by atoms with Crippen LogP contribution in [0, 0.1) is 6.92 Å². The number of para-hydroxylation sites is 1. The largest absolute Gasteiger partial charge is 0.376 e. The molecular weight excluding hydrogens is 216 g/mol. The Morgan fingerprint density at radius 2 is 2.06 bits per heavy atom. The second-order valence-corrected chi connectivity index (χ2v) is 4.74. The van der Waals surface area contributed by atoms with Gasteiger partial charge in [-0.25, -0.2) is 0 Å². The molecule has 1 aromatic carbocycles. The Balaban J connectivity index is 2.17. The predicted octanol–water partition coefficient (Wildman–Crippen LogP) is 3.17. The number of benzene rings is 1. The topological polar surface area (TPSA) is 38.0 Å². The first-order chi connectivity index (χ1) is 7.81. The molecule has 0 amide bonds. The first-order valence-electron chi connectivity index (χ1n) is 5.37. The van der Waals surface area contributed by atoms with Crippen LogP contribution in [0.3, 0.4) is 0 Å². The molecule has 0 fully saturated rings. The standard InChI is InChI=1S/C13H16N2S/c1-10-5-2-3-6-11(10)15-12(9-14)13-7-4-8-16-13/h2-8,12,15H,9,14H2,1H3. The van der Waals surface area contributed by atoms with Gasteiger partial charge in [0.05, 0.1) is 6.04 Å². The molecule has 0 spiro atoms. The van der Waals surface area contributed by atoms with E-state index in [1.807, 2.05) is 12.1 Å². The van der Waals surface area contributed by atoms with Crippen molar-refractivity contribution >= 4 is 17.0 Å². The minimum absolute atomic E-state index is 0.209. The number of thiophene rings is 1. The van der Waals surface area contributed by atoms with Gasteiger partial charge in [0.2, 0.25) is 0 Å². The van der Waals surface area contributed by atoms with E-state index < -0.39 is 0 Å². The zero-order valence-corrected chi connectivity index (χ0v) is 10.1. The summed E-state index contributed by atoms with van der Waals surface area (Å²) in [7, 11) is 0. The Morgan fingerprint density at radius 1 is 1.25 bits per heavy atom. The van der Waals surface area contributed by atoms with Gasteiger partial charge in [0, 0.05) is 17.1 Å². The van der Waals surface area contributed by atoms with Crippen molar-refractivity contribution in [3.05, 3.63) is 52.2 Å². The molecule has 3 N–H and O–H groups in total. The summed E-state index contributed by atoms with van der Waals surface area (Å²) in [6.45, 7) is 2.71. The van der Waals surface area contributed by atoms with Crippen LogP contribution in [-0.2, 0) is 0 Å². The van der Waals surface area contributed by atoms with E-state index in [1.165, 1.54) is 10.4 Å². The maximum atomic E-state index is 5.81. The van der Waals surface area contributed by atoms with E-state index in [9.17, 15) is 0 Å². The summed E-state index contributed by atoms with van der Waals surface area (Å²) in [6.07, 6.45) is 0. The van der Waals surface area contributed by atoms with Crippen molar-refractivity contribution in [2.45, 2.75) is 13.0 Å². The minimum atomic E-state index is 0.209. The molecule has 1 aromatic heterocycles. The van der Waals surface area contributed by atoms with Gasteiger partial charge >= 0.3 is 0 Å². The lowest BCUT2D eigenvalue weighted by atomic mass is 10.1. The molecule has 1 unspecified atom stereocenters. The van der Waals surface area contributed by atoms with Crippen molar-refractivity contribution in [3.8, 4) is 0 Å². The van der Waals surface area contributed by atoms with Crippen LogP contribution in [0.4, 0.5) is 5.69 Å². The van der Waals surface area contributed by atoms with E-state index in [2.05, 4.69) is 41.9 Å². The fourth-order valence-corrected chi connectivity index (χ4v) is 2.45. The van der Waals surface area contributed by atoms with Crippen LogP contribution in [0.1, 0.15) is 16.5 Å². The summed E-state index contributed by atoms with van der Waals surface area (Å²) < 4.78 is 0. The first-order valence-corrected chi connectivity index (χ1v) is 6.25. The zero-order valence-electron chi connectivity index (χ0n) is 9.31. The van der Waals surface area contributed by atoms with E-state index in [1.54, 1.807) is 11.3 Å². The van der Waals surface area contributed by atoms with Crippen molar-refractivity contribution in [2.75, 3.05) is 11.9 Å². The fourth-order valence-electron chi connectivity index (χ4n) is 1.66. The van der Waals surface area contributed by atoms with Crippen molar-refractivity contribution in [3.63, 3.8) is 0 Å². The third-order valence-electron chi connectivity index (χ3n) is 2.60. The molecule has 84 valence electrons. The first kappa shape index (κ1) is 11.2. The third kappa shape index (κ3) is 2.43. The van der Waals surface area contributed by atoms with Crippen LogP contribution < -0.4 is 11.1 Å². The van der Waals surface area contributed by atoms with Gasteiger partial charge in [0.15, 0.2) is 0 Å². The molecule has 0 aliphatic carbocycles. The Kier molecular flexibility index (Phi) is 3.59. The van der Waals surface area contributed by atoms with Crippen molar-refractivity contribution in [1.29, 1.82) is 0 Å². The monoisotopic (exact) mass is 232 g/mol. The molecule has 0 aliphatic heterocycles. The number of rotatable bonds is 4. The van der Waals surface area contributed by atoms with Crippen LogP contribution in [0.2, 0.25) is 0 Å². The van der Waals surface area contributed by atoms with Gasteiger partial charge in [0.1, 0.15) is 0 Å². The smallest absolute Gasteiger partial charge is 0.0728 e. The maximum absolute atomic E-state index is 5.81. The number of anilines is 1. The number of hydrogen-bond donors (Lipinski definition) is 2. The summed E-state index contributed by atoms with van der Waals surface area (Å²) in [6, 6.07) is 12.7. The lowest BCUT2D eigenvalue weighted by molar-refractivity contribution is 0.804. The average Bonchev–Trinajstić information content (AvgIpc) is 2.81. The normalized spacial score (nSPS) is 12.4. The summed E-state index contributed by atoms with van der Waals surface area (Å²) in [4.78, 5) is 1.28. The summed E-state index contributed by atoms with van der Waals surface area (Å²) >= 11 is 1.74. The van der Waals surface area contributed by atoms with Gasteiger partial charge in [0.25, 0.3) is 0 Å². The summed E-state index contributed by atoms with van der Waals surface area (Å²) in [5, 5.41) is 5.57. The summed E-state index contributed by atoms with van der Waals surface area (Å²) in [5.74, 6) is 0. The number of nitrogens with two attached hydrogens (primary N) is 1. The van der Waals surface area contributed by atoms with Crippen LogP contribution in [0.15, 0.2) is 41.8 Å². The molecule has 3 heteroatoms. The van der Waals surface area contributed by atoms with Crippen LogP contribution in [0.5, 0.6) is 0 Å². The highest BCUT2D eigenvalue weighted by Crippen LogP contribution is 2.24. The van der Waals surface area contributed by atoms with Crippen LogP contribution >= 0.6 is 11.3 Å². The molecule has 0 saturated heterocycles. The van der Waals surface area contributed by atoms with Gasteiger partial charge in [-0.15, -0.1) is 11.3 Å². The lowest BCUT2D eigenvalue weighted by Gasteiger charge is -2.18. The second kappa shape index (κ2) is 5.14. The molecule has 2 rings (SSSR count). The van der Waals surface area contributed by atoms with E-state index in [-0.39, 0.29) is 6.04 Å². The van der Waals surface area contributed by atoms with Crippen molar-refractivity contribution in [2.24, 2.45) is 5.73 Å². The number of aryl methyl sites for hydroxylation is 1. The molecule has 2 aromatic rings. The Hall–Kier alpha value is -1.32. The highest BCUT2D eigenvalue weighted by molar-refractivity contribution is 7.10. The second-order valence-electron chi connectivity index (χ2n) is 3.76. The molecule has 0 saturated carbocycles. The van der Waals surface area contributed by atoms with Crippen LogP contribution in [-0.4, -0.2) is 6.54 Å². The molecule has 1 heterocycles. The van der Waals surface area contributed by atoms with Crippen LogP contribution in [0.25, 0.3) is 0 Å². The molecule has 16 heavy (non-hydrogen) atoms. The molecule has 0 bridgehead atoms. The molecular formula is C13H16N2S. The average molecular weight is 232 g/mol. The SMILES string of the molecule is Cc1ccccc1NC(CN)c1cccs1. The Labute approximate surface area is 100 Å². The number of hydrogen-bond acceptors (Lipinski definition) is 3. The van der Waals surface area contributed by atoms with E-state index in [4.69, 9.17) is 5.73 Å². The molecule has 2 nitrogen and oxygen atoms in total. The third-order valence-corrected chi connectivity index (χ3v) is 3.58. The quantitative estimate of drug-likeness (QED) is 0.849. The van der Waals surface area contributed by atoms with E-state index in [0.29, 0.717) is 6.54 Å². The highest BCUT2D eigenvalue weighted by Gasteiger charge is 2.10. The lowest BCUT2D eigenvalue weighted by Crippen LogP contribution is -2.19. The van der Waals surface area contributed by atoms with Gasteiger partial charge in [-0.05, 0) is 30.0 Å². The Bertz CT molecular complexity index is 437. The molecule has 0 aliphatic rings. The maximum Gasteiger partial charge on any atom is 0.0728 e. The minimum Gasteiger partial charge on any atom is -0.376 e. The van der Waals surface area contributed by atoms with Gasteiger partial charge in [-0.2, -0.15) is 0 Å². The predicted molar refractivity (Wildman–Crippen MR) is 70.9 cm³/mol. The van der Waals surface area contributed by atoms with Crippen molar-refractivity contribution < 1.29 is 0 Å². The van der Waals surface area contributed by atoms with E-state index in [0.717, 1.165) is 5.69 Å². The van der Waals surface area contributed by atoms with E-state index >= 15 is 0 Å². The molecule has 1 atom stereocenters. The highest BCUT2D eigenvalue weighted by atomic mass is 32.1. The summed E-state index contributed by atoms with van der Waals surface area (Å²) in [5.41, 5.74) is 8.21. The van der Waals surface area contributed by atoms with Gasteiger partial charge in [-0.3, -0.25) is 0 Å². The Morgan fingerprint density at radius 3 is 2.69 bits per heavy atom. The number of nitrogens with one attached hydrogen (secondary N) is 1. The fraction of sp³-hybridized carbons (Fsp3) is 0.231.